The van der Waals surface area contributed by atoms with E-state index in [0.717, 1.165) is 0 Å². The molecule has 0 saturated heterocycles. The van der Waals surface area contributed by atoms with Crippen LogP contribution in [-0.2, 0) is 0 Å². The highest BCUT2D eigenvalue weighted by atomic mass is 16.5. The van der Waals surface area contributed by atoms with Gasteiger partial charge < -0.3 is 10.3 Å². The molecule has 4 heteroatoms. The van der Waals surface area contributed by atoms with Gasteiger partial charge in [-0.25, -0.2) is 0 Å². The maximum absolute atomic E-state index is 11.5. The Morgan fingerprint density at radius 3 is 2.71 bits per heavy atom. The van der Waals surface area contributed by atoms with Crippen molar-refractivity contribution in [1.29, 1.82) is 0 Å². The summed E-state index contributed by atoms with van der Waals surface area (Å²) in [5.74, 6) is 0.640. The highest BCUT2D eigenvalue weighted by molar-refractivity contribution is 5.94. The van der Waals surface area contributed by atoms with Gasteiger partial charge in [0.1, 0.15) is 11.5 Å². The third-order valence-electron chi connectivity index (χ3n) is 1.91. The lowest BCUT2D eigenvalue weighted by Gasteiger charge is -2.16. The number of ketones is 1. The molecule has 0 unspecified atom stereocenters. The van der Waals surface area contributed by atoms with E-state index in [0.29, 0.717) is 24.3 Å². The Morgan fingerprint density at radius 2 is 2.29 bits per heavy atom. The van der Waals surface area contributed by atoms with E-state index < -0.39 is 0 Å². The quantitative estimate of drug-likeness (QED) is 0.744. The molecule has 4 nitrogen and oxygen atoms in total. The van der Waals surface area contributed by atoms with Gasteiger partial charge in [-0.2, -0.15) is 0 Å². The first-order valence-corrected chi connectivity index (χ1v) is 4.64. The van der Waals surface area contributed by atoms with Crippen LogP contribution in [0.15, 0.2) is 10.6 Å². The number of rotatable bonds is 4. The van der Waals surface area contributed by atoms with Crippen LogP contribution in [0.5, 0.6) is 0 Å². The Kier molecular flexibility index (Phi) is 3.06. The van der Waals surface area contributed by atoms with Crippen molar-refractivity contribution in [2.45, 2.75) is 39.2 Å². The van der Waals surface area contributed by atoms with Crippen LogP contribution >= 0.6 is 0 Å². The fraction of sp³-hybridized carbons (Fsp3) is 0.600. The molecule has 0 fully saturated rings. The summed E-state index contributed by atoms with van der Waals surface area (Å²) in [5.41, 5.74) is 5.86. The predicted molar refractivity (Wildman–Crippen MR) is 53.1 cm³/mol. The number of nitrogens with zero attached hydrogens (tertiary/aromatic N) is 1. The highest BCUT2D eigenvalue weighted by Crippen LogP contribution is 2.11. The highest BCUT2D eigenvalue weighted by Gasteiger charge is 2.16. The van der Waals surface area contributed by atoms with Gasteiger partial charge in [-0.05, 0) is 27.2 Å². The SMILES string of the molecule is Cc1cc(C(=O)CCC(C)(C)N)no1. The topological polar surface area (TPSA) is 69.1 Å². The molecule has 0 aliphatic heterocycles. The second-order valence-electron chi connectivity index (χ2n) is 4.23. The van der Waals surface area contributed by atoms with E-state index in [4.69, 9.17) is 10.3 Å². The van der Waals surface area contributed by atoms with Gasteiger partial charge in [0, 0.05) is 18.0 Å². The maximum atomic E-state index is 11.5. The summed E-state index contributed by atoms with van der Waals surface area (Å²) in [6.07, 6.45) is 1.06. The van der Waals surface area contributed by atoms with Gasteiger partial charge in [0.15, 0.2) is 5.78 Å². The number of Topliss-reactive ketones (excluding diaryl/α,β-unsaturated/α-hetero) is 1. The molecule has 1 heterocycles. The number of hydrogen-bond donors (Lipinski definition) is 1. The van der Waals surface area contributed by atoms with Crippen molar-refractivity contribution >= 4 is 5.78 Å². The van der Waals surface area contributed by atoms with Crippen LogP contribution in [0, 0.1) is 6.92 Å². The summed E-state index contributed by atoms with van der Waals surface area (Å²) in [7, 11) is 0. The zero-order valence-corrected chi connectivity index (χ0v) is 8.83. The normalized spacial score (nSPS) is 11.7. The summed E-state index contributed by atoms with van der Waals surface area (Å²) >= 11 is 0. The third-order valence-corrected chi connectivity index (χ3v) is 1.91. The van der Waals surface area contributed by atoms with Crippen LogP contribution in [0.1, 0.15) is 42.9 Å². The minimum Gasteiger partial charge on any atom is -0.361 e. The summed E-state index contributed by atoms with van der Waals surface area (Å²) in [5, 5.41) is 3.65. The van der Waals surface area contributed by atoms with E-state index in [2.05, 4.69) is 5.16 Å². The lowest BCUT2D eigenvalue weighted by molar-refractivity contribution is 0.0963. The minimum atomic E-state index is -0.311. The van der Waals surface area contributed by atoms with E-state index in [1.165, 1.54) is 0 Å². The average Bonchev–Trinajstić information content (AvgIpc) is 2.46. The zero-order valence-electron chi connectivity index (χ0n) is 8.83. The number of aryl methyl sites for hydroxylation is 1. The van der Waals surface area contributed by atoms with Gasteiger partial charge in [0.2, 0.25) is 0 Å². The van der Waals surface area contributed by atoms with E-state index in [1.807, 2.05) is 13.8 Å². The van der Waals surface area contributed by atoms with Crippen LogP contribution in [0.2, 0.25) is 0 Å². The van der Waals surface area contributed by atoms with Crippen LogP contribution in [-0.4, -0.2) is 16.5 Å². The van der Waals surface area contributed by atoms with Gasteiger partial charge in [-0.15, -0.1) is 0 Å². The second kappa shape index (κ2) is 3.92. The summed E-state index contributed by atoms with van der Waals surface area (Å²) in [6.45, 7) is 5.55. The molecule has 1 aromatic heterocycles. The first kappa shape index (κ1) is 10.9. The molecule has 1 aromatic rings. The minimum absolute atomic E-state index is 0.0135. The van der Waals surface area contributed by atoms with Crippen molar-refractivity contribution in [1.82, 2.24) is 5.16 Å². The van der Waals surface area contributed by atoms with Gasteiger partial charge >= 0.3 is 0 Å². The van der Waals surface area contributed by atoms with Crippen LogP contribution < -0.4 is 5.73 Å². The molecule has 0 bridgehead atoms. The third kappa shape index (κ3) is 3.30. The molecule has 0 saturated carbocycles. The Hall–Kier alpha value is -1.16. The molecule has 0 radical (unpaired) electrons. The van der Waals surface area contributed by atoms with E-state index in [-0.39, 0.29) is 11.3 Å². The molecule has 0 aliphatic rings. The Bertz CT molecular complexity index is 323. The summed E-state index contributed by atoms with van der Waals surface area (Å²) in [6, 6.07) is 1.64. The molecular formula is C10H16N2O2. The number of carbonyl (C=O) groups is 1. The van der Waals surface area contributed by atoms with Gasteiger partial charge in [-0.3, -0.25) is 4.79 Å². The molecule has 0 amide bonds. The largest absolute Gasteiger partial charge is 0.361 e. The van der Waals surface area contributed by atoms with Gasteiger partial charge in [0.05, 0.1) is 0 Å². The molecule has 14 heavy (non-hydrogen) atoms. The standard InChI is InChI=1S/C10H16N2O2/c1-7-6-8(12-14-7)9(13)4-5-10(2,3)11/h6H,4-5,11H2,1-3H3. The Morgan fingerprint density at radius 1 is 1.64 bits per heavy atom. The molecule has 2 N–H and O–H groups in total. The molecule has 78 valence electrons. The van der Waals surface area contributed by atoms with Crippen molar-refractivity contribution in [2.24, 2.45) is 5.73 Å². The van der Waals surface area contributed by atoms with Crippen molar-refractivity contribution in [2.75, 3.05) is 0 Å². The lowest BCUT2D eigenvalue weighted by Crippen LogP contribution is -2.32. The van der Waals surface area contributed by atoms with Crippen LogP contribution in [0.3, 0.4) is 0 Å². The smallest absolute Gasteiger partial charge is 0.184 e. The van der Waals surface area contributed by atoms with Crippen molar-refractivity contribution in [3.05, 3.63) is 17.5 Å². The van der Waals surface area contributed by atoms with Gasteiger partial charge in [0.25, 0.3) is 0 Å². The molecule has 0 atom stereocenters. The van der Waals surface area contributed by atoms with E-state index in [1.54, 1.807) is 13.0 Å². The maximum Gasteiger partial charge on any atom is 0.184 e. The fourth-order valence-corrected chi connectivity index (χ4v) is 1.06. The average molecular weight is 196 g/mol. The van der Waals surface area contributed by atoms with Crippen molar-refractivity contribution in [3.63, 3.8) is 0 Å². The molecular weight excluding hydrogens is 180 g/mol. The fourth-order valence-electron chi connectivity index (χ4n) is 1.06. The Labute approximate surface area is 83.5 Å². The lowest BCUT2D eigenvalue weighted by atomic mass is 9.97. The Balaban J connectivity index is 2.52. The van der Waals surface area contributed by atoms with Crippen molar-refractivity contribution in [3.8, 4) is 0 Å². The molecule has 0 aromatic carbocycles. The predicted octanol–water partition coefficient (Wildman–Crippen LogP) is 1.68. The number of nitrogens with two attached hydrogens (primary N) is 1. The zero-order chi connectivity index (χ0) is 10.8. The van der Waals surface area contributed by atoms with E-state index >= 15 is 0 Å². The molecule has 0 aliphatic carbocycles. The van der Waals surface area contributed by atoms with Gasteiger partial charge in [-0.1, -0.05) is 5.16 Å². The first-order chi connectivity index (χ1) is 6.38. The number of carbonyl (C=O) groups excluding carboxylic acids is 1. The number of aromatic nitrogens is 1. The summed E-state index contributed by atoms with van der Waals surface area (Å²) < 4.78 is 4.82. The molecule has 1 rings (SSSR count). The second-order valence-corrected chi connectivity index (χ2v) is 4.23. The van der Waals surface area contributed by atoms with Crippen molar-refractivity contribution < 1.29 is 9.32 Å². The van der Waals surface area contributed by atoms with E-state index in [9.17, 15) is 4.79 Å². The van der Waals surface area contributed by atoms with Crippen LogP contribution in [0.25, 0.3) is 0 Å². The molecule has 0 spiro atoms. The van der Waals surface area contributed by atoms with Crippen LogP contribution in [0.4, 0.5) is 0 Å². The summed E-state index contributed by atoms with van der Waals surface area (Å²) in [4.78, 5) is 11.5. The number of hydrogen-bond acceptors (Lipinski definition) is 4. The monoisotopic (exact) mass is 196 g/mol. The first-order valence-electron chi connectivity index (χ1n) is 4.64.